The summed E-state index contributed by atoms with van der Waals surface area (Å²) in [4.78, 5) is 35.5. The third kappa shape index (κ3) is 6.02. The average molecular weight is 479 g/mol. The van der Waals surface area contributed by atoms with Gasteiger partial charge in [-0.15, -0.1) is 0 Å². The van der Waals surface area contributed by atoms with Crippen LogP contribution in [0.5, 0.6) is 0 Å². The highest BCUT2D eigenvalue weighted by molar-refractivity contribution is 6.30. The molecule has 0 aliphatic carbocycles. The number of hydrogen-bond donors (Lipinski definition) is 3. The molecule has 1 saturated heterocycles. The molecule has 1 aromatic heterocycles. The van der Waals surface area contributed by atoms with Crippen LogP contribution in [0.25, 0.3) is 0 Å². The zero-order valence-corrected chi connectivity index (χ0v) is 19.9. The van der Waals surface area contributed by atoms with Crippen molar-refractivity contribution in [1.29, 1.82) is 0 Å². The second-order valence-corrected chi connectivity index (χ2v) is 8.75. The zero-order chi connectivity index (χ0) is 24.1. The molecule has 0 spiro atoms. The molecule has 0 radical (unpaired) electrons. The first-order valence-electron chi connectivity index (χ1n) is 11.1. The van der Waals surface area contributed by atoms with E-state index in [2.05, 4.69) is 25.9 Å². The maximum atomic E-state index is 12.6. The molecule has 2 amide bonds. The van der Waals surface area contributed by atoms with Gasteiger partial charge in [0, 0.05) is 54.2 Å². The summed E-state index contributed by atoms with van der Waals surface area (Å²) in [6.07, 6.45) is 0.191. The quantitative estimate of drug-likeness (QED) is 0.422. The van der Waals surface area contributed by atoms with E-state index in [1.165, 1.54) is 5.56 Å². The maximum absolute atomic E-state index is 12.6. The first-order chi connectivity index (χ1) is 16.4. The number of carbonyl (C=O) groups is 2. The molecule has 3 N–H and O–H groups in total. The molecule has 1 fully saturated rings. The van der Waals surface area contributed by atoms with Gasteiger partial charge in [0.25, 0.3) is 0 Å². The van der Waals surface area contributed by atoms with E-state index in [0.29, 0.717) is 36.4 Å². The van der Waals surface area contributed by atoms with Gasteiger partial charge in [0.05, 0.1) is 5.92 Å². The summed E-state index contributed by atoms with van der Waals surface area (Å²) in [6.45, 7) is 5.15. The molecule has 3 aromatic rings. The van der Waals surface area contributed by atoms with E-state index >= 15 is 0 Å². The second-order valence-electron chi connectivity index (χ2n) is 8.31. The molecule has 176 valence electrons. The average Bonchev–Trinajstić information content (AvgIpc) is 3.20. The number of nitrogens with one attached hydrogen (secondary N) is 3. The number of anilines is 4. The van der Waals surface area contributed by atoms with E-state index in [1.807, 2.05) is 44.2 Å². The van der Waals surface area contributed by atoms with Crippen LogP contribution >= 0.6 is 11.6 Å². The fourth-order valence-electron chi connectivity index (χ4n) is 3.75. The van der Waals surface area contributed by atoms with Crippen molar-refractivity contribution >= 4 is 46.6 Å². The van der Waals surface area contributed by atoms with Gasteiger partial charge in [0.15, 0.2) is 0 Å². The van der Waals surface area contributed by atoms with Crippen LogP contribution in [0.1, 0.15) is 17.7 Å². The molecule has 2 heterocycles. The molecule has 1 unspecified atom stereocenters. The fourth-order valence-corrected chi connectivity index (χ4v) is 3.88. The Bertz CT molecular complexity index is 1170. The van der Waals surface area contributed by atoms with Crippen molar-refractivity contribution in [3.05, 3.63) is 70.9 Å². The van der Waals surface area contributed by atoms with Gasteiger partial charge < -0.3 is 20.9 Å². The van der Waals surface area contributed by atoms with Crippen molar-refractivity contribution in [3.63, 3.8) is 0 Å². The number of hydrogen-bond acceptors (Lipinski definition) is 6. The topological polar surface area (TPSA) is 99.2 Å². The molecular weight excluding hydrogens is 452 g/mol. The van der Waals surface area contributed by atoms with E-state index in [4.69, 9.17) is 11.6 Å². The minimum Gasteiger partial charge on any atom is -0.354 e. The lowest BCUT2D eigenvalue weighted by molar-refractivity contribution is -0.126. The summed E-state index contributed by atoms with van der Waals surface area (Å²) in [6, 6.07) is 17.0. The SMILES string of the molecule is Cc1ccc(Nc2cc(C)nc(NCCNC(=O)C3CC(=O)N(c4ccc(Cl)cc4)C3)n2)cc1. The summed E-state index contributed by atoms with van der Waals surface area (Å²) in [5, 5.41) is 9.93. The number of carbonyl (C=O) groups excluding carboxylic acids is 2. The van der Waals surface area contributed by atoms with Gasteiger partial charge in [-0.3, -0.25) is 9.59 Å². The Morgan fingerprint density at radius 3 is 2.53 bits per heavy atom. The number of halogens is 1. The third-order valence-electron chi connectivity index (χ3n) is 5.52. The van der Waals surface area contributed by atoms with Gasteiger partial charge in [-0.05, 0) is 50.2 Å². The van der Waals surface area contributed by atoms with Gasteiger partial charge in [-0.2, -0.15) is 4.98 Å². The first kappa shape index (κ1) is 23.5. The van der Waals surface area contributed by atoms with Gasteiger partial charge in [0.2, 0.25) is 17.8 Å². The predicted octanol–water partition coefficient (Wildman–Crippen LogP) is 4.07. The molecular formula is C25H27ClN6O2. The zero-order valence-electron chi connectivity index (χ0n) is 19.1. The minimum atomic E-state index is -0.385. The molecule has 1 aliphatic heterocycles. The largest absolute Gasteiger partial charge is 0.354 e. The monoisotopic (exact) mass is 478 g/mol. The highest BCUT2D eigenvalue weighted by Crippen LogP contribution is 2.26. The summed E-state index contributed by atoms with van der Waals surface area (Å²) in [5.74, 6) is 0.577. The Hall–Kier alpha value is -3.65. The van der Waals surface area contributed by atoms with Crippen LogP contribution in [-0.2, 0) is 9.59 Å². The van der Waals surface area contributed by atoms with E-state index in [9.17, 15) is 9.59 Å². The molecule has 9 heteroatoms. The van der Waals surface area contributed by atoms with Crippen molar-refractivity contribution in [1.82, 2.24) is 15.3 Å². The van der Waals surface area contributed by atoms with E-state index in [0.717, 1.165) is 17.1 Å². The predicted molar refractivity (Wildman–Crippen MR) is 135 cm³/mol. The van der Waals surface area contributed by atoms with Crippen molar-refractivity contribution in [3.8, 4) is 0 Å². The number of benzene rings is 2. The van der Waals surface area contributed by atoms with Crippen LogP contribution in [0.15, 0.2) is 54.6 Å². The molecule has 0 bridgehead atoms. The van der Waals surface area contributed by atoms with Crippen molar-refractivity contribution in [2.45, 2.75) is 20.3 Å². The Balaban J connectivity index is 1.26. The van der Waals surface area contributed by atoms with Crippen LogP contribution in [0.4, 0.5) is 23.1 Å². The fraction of sp³-hybridized carbons (Fsp3) is 0.280. The van der Waals surface area contributed by atoms with Crippen LogP contribution in [0.3, 0.4) is 0 Å². The van der Waals surface area contributed by atoms with Gasteiger partial charge in [-0.25, -0.2) is 4.98 Å². The van der Waals surface area contributed by atoms with Crippen molar-refractivity contribution in [2.75, 3.05) is 35.2 Å². The minimum absolute atomic E-state index is 0.0673. The maximum Gasteiger partial charge on any atom is 0.227 e. The third-order valence-corrected chi connectivity index (χ3v) is 5.77. The smallest absolute Gasteiger partial charge is 0.227 e. The van der Waals surface area contributed by atoms with Crippen LogP contribution in [-0.4, -0.2) is 41.4 Å². The van der Waals surface area contributed by atoms with Crippen LogP contribution in [0, 0.1) is 19.8 Å². The Kier molecular flexibility index (Phi) is 7.27. The van der Waals surface area contributed by atoms with Gasteiger partial charge in [0.1, 0.15) is 5.82 Å². The van der Waals surface area contributed by atoms with E-state index in [-0.39, 0.29) is 24.2 Å². The Morgan fingerprint density at radius 1 is 1.06 bits per heavy atom. The lowest BCUT2D eigenvalue weighted by Gasteiger charge is -2.17. The number of nitrogens with zero attached hydrogens (tertiary/aromatic N) is 3. The van der Waals surface area contributed by atoms with Crippen LogP contribution in [0.2, 0.25) is 5.02 Å². The van der Waals surface area contributed by atoms with Crippen molar-refractivity contribution in [2.24, 2.45) is 5.92 Å². The number of rotatable bonds is 8. The highest BCUT2D eigenvalue weighted by Gasteiger charge is 2.34. The summed E-state index contributed by atoms with van der Waals surface area (Å²) < 4.78 is 0. The van der Waals surface area contributed by atoms with Crippen molar-refractivity contribution < 1.29 is 9.59 Å². The van der Waals surface area contributed by atoms with E-state index < -0.39 is 0 Å². The summed E-state index contributed by atoms with van der Waals surface area (Å²) in [7, 11) is 0. The summed E-state index contributed by atoms with van der Waals surface area (Å²) >= 11 is 5.92. The Labute approximate surface area is 203 Å². The molecule has 1 aliphatic rings. The van der Waals surface area contributed by atoms with Gasteiger partial charge in [-0.1, -0.05) is 29.3 Å². The highest BCUT2D eigenvalue weighted by atomic mass is 35.5. The van der Waals surface area contributed by atoms with Crippen LogP contribution < -0.4 is 20.9 Å². The molecule has 34 heavy (non-hydrogen) atoms. The number of amides is 2. The number of aryl methyl sites for hydroxylation is 2. The second kappa shape index (κ2) is 10.5. The molecule has 2 aromatic carbocycles. The normalized spacial score (nSPS) is 15.3. The molecule has 1 atom stereocenters. The van der Waals surface area contributed by atoms with E-state index in [1.54, 1.807) is 29.2 Å². The first-order valence-corrected chi connectivity index (χ1v) is 11.5. The lowest BCUT2D eigenvalue weighted by atomic mass is 10.1. The number of aromatic nitrogens is 2. The molecule has 4 rings (SSSR count). The molecule has 0 saturated carbocycles. The lowest BCUT2D eigenvalue weighted by Crippen LogP contribution is -2.35. The standard InChI is InChI=1S/C25H27ClN6O2/c1-16-3-7-20(8-4-16)30-22-13-17(2)29-25(31-22)28-12-11-27-24(34)18-14-23(33)32(15-18)21-9-5-19(26)6-10-21/h3-10,13,18H,11-12,14-15H2,1-2H3,(H,27,34)(H2,28,29,30,31). The summed E-state index contributed by atoms with van der Waals surface area (Å²) in [5.41, 5.74) is 3.70. The molecule has 8 nitrogen and oxygen atoms in total. The Morgan fingerprint density at radius 2 is 1.79 bits per heavy atom. The van der Waals surface area contributed by atoms with Gasteiger partial charge >= 0.3 is 0 Å².